The molecule has 62 valence electrons. The van der Waals surface area contributed by atoms with Gasteiger partial charge in [0.1, 0.15) is 5.82 Å². The number of hydrogen-bond donors (Lipinski definition) is 1. The Balaban J connectivity index is 2.04. The summed E-state index contributed by atoms with van der Waals surface area (Å²) in [5.74, 6) is 3.36. The summed E-state index contributed by atoms with van der Waals surface area (Å²) in [7, 11) is 0. The third-order valence-electron chi connectivity index (χ3n) is 1.44. The topological polar surface area (TPSA) is 28.7 Å². The molecule has 0 radical (unpaired) electrons. The van der Waals surface area contributed by atoms with Crippen molar-refractivity contribution in [3.8, 4) is 0 Å². The quantitative estimate of drug-likeness (QED) is 0.688. The highest BCUT2D eigenvalue weighted by Gasteiger charge is 1.93. The Labute approximate surface area is 71.8 Å². The lowest BCUT2D eigenvalue weighted by molar-refractivity contribution is 0.895. The van der Waals surface area contributed by atoms with Crippen molar-refractivity contribution in [2.24, 2.45) is 0 Å². The Morgan fingerprint density at radius 1 is 1.64 bits per heavy atom. The first-order valence-corrected chi connectivity index (χ1v) is 5.15. The van der Waals surface area contributed by atoms with Crippen molar-refractivity contribution in [2.45, 2.75) is 25.5 Å². The van der Waals surface area contributed by atoms with Gasteiger partial charge in [-0.25, -0.2) is 4.98 Å². The molecule has 0 fully saturated rings. The number of aromatic amines is 1. The number of thioether (sulfide) groups is 1. The average molecular weight is 170 g/mol. The molecule has 11 heavy (non-hydrogen) atoms. The number of nitrogens with one attached hydrogen (secondary N) is 1. The van der Waals surface area contributed by atoms with Crippen molar-refractivity contribution in [1.82, 2.24) is 9.97 Å². The summed E-state index contributed by atoms with van der Waals surface area (Å²) in [6, 6.07) is 0. The van der Waals surface area contributed by atoms with E-state index < -0.39 is 0 Å². The Hall–Kier alpha value is -0.440. The standard InChI is InChI=1S/C8H14N2S/c1-2-3-6-11-7-8-9-4-5-10-8/h4-5H,2-3,6-7H2,1H3,(H,9,10). The summed E-state index contributed by atoms with van der Waals surface area (Å²) in [6.45, 7) is 2.22. The molecule has 0 bridgehead atoms. The SMILES string of the molecule is CCCCSCc1ncc[nH]1. The number of aromatic nitrogens is 2. The number of nitrogens with zero attached hydrogens (tertiary/aromatic N) is 1. The van der Waals surface area contributed by atoms with Crippen molar-refractivity contribution in [3.63, 3.8) is 0 Å². The molecule has 1 heterocycles. The second-order valence-corrected chi connectivity index (χ2v) is 3.55. The lowest BCUT2D eigenvalue weighted by Gasteiger charge is -1.95. The molecular weight excluding hydrogens is 156 g/mol. The van der Waals surface area contributed by atoms with Crippen LogP contribution in [0.25, 0.3) is 0 Å². The summed E-state index contributed by atoms with van der Waals surface area (Å²) >= 11 is 1.94. The molecule has 2 nitrogen and oxygen atoms in total. The first-order valence-electron chi connectivity index (χ1n) is 3.99. The molecule has 0 aromatic carbocycles. The lowest BCUT2D eigenvalue weighted by Crippen LogP contribution is -1.84. The molecule has 0 saturated carbocycles. The van der Waals surface area contributed by atoms with E-state index >= 15 is 0 Å². The van der Waals surface area contributed by atoms with Crippen LogP contribution in [0.5, 0.6) is 0 Å². The lowest BCUT2D eigenvalue weighted by atomic mass is 10.4. The zero-order valence-electron chi connectivity index (χ0n) is 6.84. The highest BCUT2D eigenvalue weighted by Crippen LogP contribution is 2.09. The molecule has 0 spiro atoms. The van der Waals surface area contributed by atoms with Gasteiger partial charge in [-0.3, -0.25) is 0 Å². The van der Waals surface area contributed by atoms with E-state index in [2.05, 4.69) is 16.9 Å². The number of H-pyrrole nitrogens is 1. The predicted octanol–water partition coefficient (Wildman–Crippen LogP) is 2.44. The largest absolute Gasteiger partial charge is 0.348 e. The summed E-state index contributed by atoms with van der Waals surface area (Å²) in [6.07, 6.45) is 6.27. The van der Waals surface area contributed by atoms with Gasteiger partial charge in [-0.05, 0) is 12.2 Å². The van der Waals surface area contributed by atoms with Crippen LogP contribution in [0.4, 0.5) is 0 Å². The van der Waals surface area contributed by atoms with Gasteiger partial charge < -0.3 is 4.98 Å². The number of rotatable bonds is 5. The fraction of sp³-hybridized carbons (Fsp3) is 0.625. The molecule has 0 aliphatic carbocycles. The number of unbranched alkanes of at least 4 members (excludes halogenated alkanes) is 1. The van der Waals surface area contributed by atoms with Crippen LogP contribution in [-0.4, -0.2) is 15.7 Å². The van der Waals surface area contributed by atoms with Gasteiger partial charge in [0.2, 0.25) is 0 Å². The van der Waals surface area contributed by atoms with E-state index in [0.29, 0.717) is 0 Å². The summed E-state index contributed by atoms with van der Waals surface area (Å²) in [4.78, 5) is 7.22. The fourth-order valence-corrected chi connectivity index (χ4v) is 1.78. The molecule has 0 aliphatic rings. The smallest absolute Gasteiger partial charge is 0.116 e. The van der Waals surface area contributed by atoms with Crippen LogP contribution in [-0.2, 0) is 5.75 Å². The Morgan fingerprint density at radius 3 is 3.18 bits per heavy atom. The molecular formula is C8H14N2S. The normalized spacial score (nSPS) is 10.3. The van der Waals surface area contributed by atoms with E-state index in [1.807, 2.05) is 18.0 Å². The molecule has 1 N–H and O–H groups in total. The molecule has 0 atom stereocenters. The second kappa shape index (κ2) is 5.24. The van der Waals surface area contributed by atoms with Crippen LogP contribution >= 0.6 is 11.8 Å². The Kier molecular flexibility index (Phi) is 4.12. The van der Waals surface area contributed by atoms with Crippen LogP contribution in [0.3, 0.4) is 0 Å². The zero-order valence-corrected chi connectivity index (χ0v) is 7.66. The highest BCUT2D eigenvalue weighted by atomic mass is 32.2. The van der Waals surface area contributed by atoms with E-state index in [1.165, 1.54) is 18.6 Å². The fourth-order valence-electron chi connectivity index (χ4n) is 0.792. The molecule has 1 aromatic rings. The molecule has 0 saturated heterocycles. The van der Waals surface area contributed by atoms with E-state index in [-0.39, 0.29) is 0 Å². The maximum absolute atomic E-state index is 4.14. The van der Waals surface area contributed by atoms with E-state index in [1.54, 1.807) is 6.20 Å². The van der Waals surface area contributed by atoms with Gasteiger partial charge in [-0.2, -0.15) is 11.8 Å². The van der Waals surface area contributed by atoms with Crippen molar-refractivity contribution < 1.29 is 0 Å². The first-order chi connectivity index (χ1) is 5.43. The van der Waals surface area contributed by atoms with Crippen molar-refractivity contribution >= 4 is 11.8 Å². The van der Waals surface area contributed by atoms with E-state index in [4.69, 9.17) is 0 Å². The van der Waals surface area contributed by atoms with Crippen molar-refractivity contribution in [1.29, 1.82) is 0 Å². The van der Waals surface area contributed by atoms with Gasteiger partial charge in [0.25, 0.3) is 0 Å². The third-order valence-corrected chi connectivity index (χ3v) is 2.49. The van der Waals surface area contributed by atoms with Crippen molar-refractivity contribution in [3.05, 3.63) is 18.2 Å². The van der Waals surface area contributed by atoms with Gasteiger partial charge in [0.05, 0.1) is 5.75 Å². The van der Waals surface area contributed by atoms with Crippen molar-refractivity contribution in [2.75, 3.05) is 5.75 Å². The Bertz CT molecular complexity index is 172. The maximum Gasteiger partial charge on any atom is 0.116 e. The minimum Gasteiger partial charge on any atom is -0.348 e. The number of imidazole rings is 1. The van der Waals surface area contributed by atoms with Gasteiger partial charge >= 0.3 is 0 Å². The minimum absolute atomic E-state index is 1.02. The Morgan fingerprint density at radius 2 is 2.55 bits per heavy atom. The molecule has 0 unspecified atom stereocenters. The van der Waals surface area contributed by atoms with Crippen LogP contribution in [0.2, 0.25) is 0 Å². The summed E-state index contributed by atoms with van der Waals surface area (Å²) in [5.41, 5.74) is 0. The minimum atomic E-state index is 1.02. The van der Waals surface area contributed by atoms with Gasteiger partial charge in [0, 0.05) is 12.4 Å². The molecule has 3 heteroatoms. The van der Waals surface area contributed by atoms with Crippen LogP contribution in [0.15, 0.2) is 12.4 Å². The maximum atomic E-state index is 4.14. The van der Waals surface area contributed by atoms with Gasteiger partial charge in [0.15, 0.2) is 0 Å². The third kappa shape index (κ3) is 3.46. The predicted molar refractivity (Wildman–Crippen MR) is 49.7 cm³/mol. The first kappa shape index (κ1) is 8.65. The van der Waals surface area contributed by atoms with Crippen LogP contribution < -0.4 is 0 Å². The second-order valence-electron chi connectivity index (χ2n) is 2.44. The van der Waals surface area contributed by atoms with Gasteiger partial charge in [-0.15, -0.1) is 0 Å². The van der Waals surface area contributed by atoms with Gasteiger partial charge in [-0.1, -0.05) is 13.3 Å². The number of hydrogen-bond acceptors (Lipinski definition) is 2. The van der Waals surface area contributed by atoms with E-state index in [0.717, 1.165) is 11.6 Å². The highest BCUT2D eigenvalue weighted by molar-refractivity contribution is 7.98. The average Bonchev–Trinajstić information content (AvgIpc) is 2.50. The summed E-state index contributed by atoms with van der Waals surface area (Å²) in [5, 5.41) is 0. The summed E-state index contributed by atoms with van der Waals surface area (Å²) < 4.78 is 0. The van der Waals surface area contributed by atoms with Crippen LogP contribution in [0, 0.1) is 0 Å². The van der Waals surface area contributed by atoms with Crippen LogP contribution in [0.1, 0.15) is 25.6 Å². The monoisotopic (exact) mass is 170 g/mol. The molecule has 0 amide bonds. The zero-order chi connectivity index (χ0) is 7.94. The molecule has 0 aliphatic heterocycles. The molecule has 1 rings (SSSR count). The van der Waals surface area contributed by atoms with E-state index in [9.17, 15) is 0 Å². The molecule has 1 aromatic heterocycles.